The molecule has 0 unspecified atom stereocenters. The molecular formula is C48H28N4. The predicted octanol–water partition coefficient (Wildman–Crippen LogP) is 12.4. The lowest BCUT2D eigenvalue weighted by Crippen LogP contribution is -1.95. The molecule has 52 heavy (non-hydrogen) atoms. The highest BCUT2D eigenvalue weighted by Gasteiger charge is 2.23. The minimum Gasteiger partial charge on any atom is -0.309 e. The molecule has 0 spiro atoms. The number of hydrogen-bond acceptors (Lipinski definition) is 2. The Labute approximate surface area is 297 Å². The van der Waals surface area contributed by atoms with Crippen molar-refractivity contribution in [2.75, 3.05) is 0 Å². The van der Waals surface area contributed by atoms with E-state index in [1.807, 2.05) is 12.1 Å². The van der Waals surface area contributed by atoms with Crippen LogP contribution in [0.25, 0.3) is 110 Å². The second-order valence-electron chi connectivity index (χ2n) is 13.9. The van der Waals surface area contributed by atoms with Crippen molar-refractivity contribution in [3.8, 4) is 27.9 Å². The number of rotatable bonds is 3. The molecule has 12 rings (SSSR count). The van der Waals surface area contributed by atoms with Crippen LogP contribution < -0.4 is 0 Å². The van der Waals surface area contributed by atoms with E-state index in [1.165, 1.54) is 65.6 Å². The zero-order valence-electron chi connectivity index (χ0n) is 28.0. The Balaban J connectivity index is 1.26. The first-order valence-electron chi connectivity index (χ1n) is 17.7. The van der Waals surface area contributed by atoms with Gasteiger partial charge < -0.3 is 4.57 Å². The largest absolute Gasteiger partial charge is 0.309 e. The van der Waals surface area contributed by atoms with Gasteiger partial charge in [-0.2, -0.15) is 0 Å². The van der Waals surface area contributed by atoms with E-state index >= 15 is 0 Å². The Morgan fingerprint density at radius 1 is 0.365 bits per heavy atom. The fraction of sp³-hybridized carbons (Fsp3) is 0. The van der Waals surface area contributed by atoms with Crippen LogP contribution in [0.2, 0.25) is 0 Å². The first-order valence-corrected chi connectivity index (χ1v) is 17.7. The van der Waals surface area contributed by atoms with Gasteiger partial charge in [-0.3, -0.25) is 4.40 Å². The van der Waals surface area contributed by atoms with E-state index < -0.39 is 0 Å². The van der Waals surface area contributed by atoms with Gasteiger partial charge in [0.25, 0.3) is 0 Å². The molecule has 4 heteroatoms. The van der Waals surface area contributed by atoms with Gasteiger partial charge in [-0.15, -0.1) is 0 Å². The van der Waals surface area contributed by atoms with E-state index in [0.717, 1.165) is 44.3 Å². The van der Waals surface area contributed by atoms with Crippen molar-refractivity contribution < 1.29 is 0 Å². The van der Waals surface area contributed by atoms with E-state index in [1.54, 1.807) is 0 Å². The van der Waals surface area contributed by atoms with Crippen LogP contribution in [0.3, 0.4) is 0 Å². The molecule has 240 valence electrons. The van der Waals surface area contributed by atoms with Crippen molar-refractivity contribution in [3.05, 3.63) is 170 Å². The van der Waals surface area contributed by atoms with E-state index in [-0.39, 0.29) is 0 Å². The molecule has 8 aromatic carbocycles. The molecule has 4 heterocycles. The van der Waals surface area contributed by atoms with Crippen molar-refractivity contribution in [2.24, 2.45) is 0 Å². The van der Waals surface area contributed by atoms with Crippen molar-refractivity contribution in [3.63, 3.8) is 0 Å². The summed E-state index contributed by atoms with van der Waals surface area (Å²) in [6.45, 7) is 0. The fourth-order valence-electron chi connectivity index (χ4n) is 8.59. The summed E-state index contributed by atoms with van der Waals surface area (Å²) in [4.78, 5) is 10.6. The van der Waals surface area contributed by atoms with Crippen molar-refractivity contribution in [1.29, 1.82) is 0 Å². The average molecular weight is 661 g/mol. The lowest BCUT2D eigenvalue weighted by atomic mass is 10.0. The maximum Gasteiger partial charge on any atom is 0.165 e. The van der Waals surface area contributed by atoms with Gasteiger partial charge in [0.1, 0.15) is 5.52 Å². The standard InChI is InChI=1S/C48H28N4/c1-3-11-29(12-4-1)33-19-21-36-37-22-20-34(30-13-5-2-6-14-30)26-44(37)51(43(36)25-33)35-27-39-38-23-31-15-7-8-16-32(31)24-45(38)52-47(39)40(28-35)46-48(52)50-42-18-10-9-17-41(42)49-46/h1-28H. The second-order valence-corrected chi connectivity index (χ2v) is 13.9. The number of nitrogens with zero attached hydrogens (tertiary/aromatic N) is 4. The van der Waals surface area contributed by atoms with Gasteiger partial charge in [-0.1, -0.05) is 121 Å². The van der Waals surface area contributed by atoms with Crippen molar-refractivity contribution in [2.45, 2.75) is 0 Å². The summed E-state index contributed by atoms with van der Waals surface area (Å²) in [5.41, 5.74) is 14.2. The molecule has 0 aliphatic heterocycles. The summed E-state index contributed by atoms with van der Waals surface area (Å²) in [5.74, 6) is 0. The smallest absolute Gasteiger partial charge is 0.165 e. The number of hydrogen-bond donors (Lipinski definition) is 0. The average Bonchev–Trinajstić information content (AvgIpc) is 3.83. The van der Waals surface area contributed by atoms with Crippen LogP contribution in [-0.2, 0) is 0 Å². The molecular weight excluding hydrogens is 633 g/mol. The quantitative estimate of drug-likeness (QED) is 0.189. The molecule has 4 aromatic heterocycles. The van der Waals surface area contributed by atoms with Crippen molar-refractivity contribution >= 4 is 82.0 Å². The summed E-state index contributed by atoms with van der Waals surface area (Å²) in [7, 11) is 0. The predicted molar refractivity (Wildman–Crippen MR) is 217 cm³/mol. The third-order valence-corrected chi connectivity index (χ3v) is 11.0. The Bertz CT molecular complexity index is 3170. The van der Waals surface area contributed by atoms with Gasteiger partial charge >= 0.3 is 0 Å². The van der Waals surface area contributed by atoms with Crippen LogP contribution in [0.4, 0.5) is 0 Å². The molecule has 4 nitrogen and oxygen atoms in total. The highest BCUT2D eigenvalue weighted by Crippen LogP contribution is 2.43. The fourth-order valence-corrected chi connectivity index (χ4v) is 8.59. The first-order chi connectivity index (χ1) is 25.8. The Morgan fingerprint density at radius 3 is 1.58 bits per heavy atom. The van der Waals surface area contributed by atoms with E-state index in [4.69, 9.17) is 9.97 Å². The second kappa shape index (κ2) is 10.3. The molecule has 0 saturated heterocycles. The van der Waals surface area contributed by atoms with Gasteiger partial charge in [-0.05, 0) is 81.6 Å². The zero-order chi connectivity index (χ0) is 33.9. The van der Waals surface area contributed by atoms with Crippen LogP contribution in [-0.4, -0.2) is 18.9 Å². The summed E-state index contributed by atoms with van der Waals surface area (Å²) < 4.78 is 4.81. The monoisotopic (exact) mass is 660 g/mol. The van der Waals surface area contributed by atoms with Crippen LogP contribution in [0.1, 0.15) is 0 Å². The summed E-state index contributed by atoms with van der Waals surface area (Å²) in [6.07, 6.45) is 0. The maximum absolute atomic E-state index is 5.30. The van der Waals surface area contributed by atoms with Gasteiger partial charge in [-0.25, -0.2) is 9.97 Å². The highest BCUT2D eigenvalue weighted by molar-refractivity contribution is 6.25. The Morgan fingerprint density at radius 2 is 0.923 bits per heavy atom. The molecule has 0 amide bonds. The van der Waals surface area contributed by atoms with E-state index in [9.17, 15) is 0 Å². The molecule has 0 N–H and O–H groups in total. The van der Waals surface area contributed by atoms with Crippen molar-refractivity contribution in [1.82, 2.24) is 18.9 Å². The number of para-hydroxylation sites is 2. The topological polar surface area (TPSA) is 35.1 Å². The summed E-state index contributed by atoms with van der Waals surface area (Å²) in [5, 5.41) is 8.41. The van der Waals surface area contributed by atoms with Crippen LogP contribution in [0.15, 0.2) is 170 Å². The van der Waals surface area contributed by atoms with Gasteiger partial charge in [0.05, 0.1) is 33.1 Å². The normalized spacial score (nSPS) is 12.2. The van der Waals surface area contributed by atoms with Gasteiger partial charge in [0, 0.05) is 32.6 Å². The molecule has 0 saturated carbocycles. The number of fused-ring (bicyclic) bond motifs is 11. The number of aromatic nitrogens is 4. The minimum absolute atomic E-state index is 0.890. The summed E-state index contributed by atoms with van der Waals surface area (Å²) in [6, 6.07) is 61.4. The Hall–Kier alpha value is -7.04. The lowest BCUT2D eigenvalue weighted by molar-refractivity contribution is 1.19. The molecule has 12 aromatic rings. The highest BCUT2D eigenvalue weighted by atomic mass is 15.0. The molecule has 0 fully saturated rings. The Kier molecular flexibility index (Phi) is 5.47. The SMILES string of the molecule is c1ccc(-c2ccc3c4ccc(-c5ccccc5)cc4n(-c4cc5c6cc7ccccc7cc6n6c7nc8ccccc8nc7c(c4)c56)c3c2)cc1. The molecule has 0 bridgehead atoms. The molecule has 0 aliphatic carbocycles. The van der Waals surface area contributed by atoms with Gasteiger partial charge in [0.15, 0.2) is 5.65 Å². The van der Waals surface area contributed by atoms with Crippen LogP contribution in [0, 0.1) is 0 Å². The first kappa shape index (κ1) is 27.7. The number of benzene rings is 8. The molecule has 0 atom stereocenters. The third-order valence-electron chi connectivity index (χ3n) is 11.0. The van der Waals surface area contributed by atoms with Crippen LogP contribution >= 0.6 is 0 Å². The third kappa shape index (κ3) is 3.81. The molecule has 0 radical (unpaired) electrons. The molecule has 0 aliphatic rings. The minimum atomic E-state index is 0.890. The maximum atomic E-state index is 5.30. The van der Waals surface area contributed by atoms with Crippen LogP contribution in [0.5, 0.6) is 0 Å². The summed E-state index contributed by atoms with van der Waals surface area (Å²) >= 11 is 0. The van der Waals surface area contributed by atoms with E-state index in [2.05, 4.69) is 167 Å². The van der Waals surface area contributed by atoms with Gasteiger partial charge in [0.2, 0.25) is 0 Å². The zero-order valence-corrected chi connectivity index (χ0v) is 28.0. The lowest BCUT2D eigenvalue weighted by Gasteiger charge is -2.11. The van der Waals surface area contributed by atoms with E-state index in [0.29, 0.717) is 0 Å².